The first-order chi connectivity index (χ1) is 21.9. The fourth-order valence-corrected chi connectivity index (χ4v) is 7.49. The van der Waals surface area contributed by atoms with Crippen molar-refractivity contribution in [2.75, 3.05) is 24.6 Å². The maximum absolute atomic E-state index is 12.6. The normalized spacial score (nSPS) is 19.6. The number of pyridine rings is 2. The van der Waals surface area contributed by atoms with E-state index in [1.165, 1.54) is 11.8 Å². The summed E-state index contributed by atoms with van der Waals surface area (Å²) in [7, 11) is 0. The third kappa shape index (κ3) is 6.64. The van der Waals surface area contributed by atoms with Gasteiger partial charge in [0.25, 0.3) is 0 Å². The Labute approximate surface area is 282 Å². The molecule has 0 saturated carbocycles. The molecule has 4 aromatic rings. The Morgan fingerprint density at radius 2 is 1.91 bits per heavy atom. The van der Waals surface area contributed by atoms with Crippen LogP contribution >= 0.6 is 35.0 Å². The van der Waals surface area contributed by atoms with Crippen LogP contribution in [0.5, 0.6) is 0 Å². The van der Waals surface area contributed by atoms with Crippen LogP contribution in [0.1, 0.15) is 51.9 Å². The van der Waals surface area contributed by atoms with Crippen molar-refractivity contribution in [2.24, 2.45) is 5.41 Å². The van der Waals surface area contributed by atoms with Crippen molar-refractivity contribution in [3.63, 3.8) is 0 Å². The first kappa shape index (κ1) is 32.8. The molecule has 0 aromatic carbocycles. The van der Waals surface area contributed by atoms with Gasteiger partial charge in [0.2, 0.25) is 0 Å². The number of carbonyl (C=O) groups excluding carboxylic acids is 1. The fourth-order valence-electron chi connectivity index (χ4n) is 6.14. The van der Waals surface area contributed by atoms with Crippen LogP contribution in [-0.2, 0) is 16.1 Å². The van der Waals surface area contributed by atoms with E-state index in [9.17, 15) is 9.90 Å². The largest absolute Gasteiger partial charge is 0.444 e. The van der Waals surface area contributed by atoms with Gasteiger partial charge in [0.1, 0.15) is 27.2 Å². The number of rotatable bonds is 6. The minimum Gasteiger partial charge on any atom is -0.444 e. The number of fused-ring (bicyclic) bond motifs is 1. The summed E-state index contributed by atoms with van der Waals surface area (Å²) in [4.78, 5) is 34.4. The summed E-state index contributed by atoms with van der Waals surface area (Å²) in [5, 5.41) is 15.0. The lowest BCUT2D eigenvalue weighted by atomic mass is 9.73. The number of nitrogens with one attached hydrogen (secondary N) is 1. The van der Waals surface area contributed by atoms with Gasteiger partial charge in [-0.25, -0.2) is 24.7 Å². The number of imidazole rings is 1. The van der Waals surface area contributed by atoms with Crippen LogP contribution in [0.3, 0.4) is 0 Å². The average molecular weight is 687 g/mol. The van der Waals surface area contributed by atoms with E-state index in [0.717, 1.165) is 23.4 Å². The maximum Gasteiger partial charge on any atom is 0.407 e. The van der Waals surface area contributed by atoms with Crippen molar-refractivity contribution in [1.29, 1.82) is 0 Å². The standard InChI is InChI=1S/C32H37Cl2N7O4S/c1-18-29(46-23-9-12-41-15-21(37-28(41)25(23)34)20-7-6-8-24(33)36-20)38-22(16-42)27(35-18)40-13-10-32(11-14-40)17-44-19(2)26(32)39-30(43)45-31(3,4)5/h6-9,12,15,19,26,42H,10-11,13-14,16-17H2,1-5H3,(H,39,43)/t19-,26+/m0/s1. The van der Waals surface area contributed by atoms with Crippen LogP contribution in [0.2, 0.25) is 10.2 Å². The highest BCUT2D eigenvalue weighted by Gasteiger charge is 2.50. The van der Waals surface area contributed by atoms with Gasteiger partial charge in [-0.15, -0.1) is 0 Å². The smallest absolute Gasteiger partial charge is 0.407 e. The number of nitrogens with zero attached hydrogens (tertiary/aromatic N) is 6. The zero-order valence-corrected chi connectivity index (χ0v) is 28.7. The summed E-state index contributed by atoms with van der Waals surface area (Å²) in [5.74, 6) is 0.663. The molecular formula is C32H37Cl2N7O4S. The highest BCUT2D eigenvalue weighted by Crippen LogP contribution is 2.44. The van der Waals surface area contributed by atoms with E-state index in [-0.39, 0.29) is 24.2 Å². The number of aliphatic hydroxyl groups is 1. The number of aryl methyl sites for hydroxylation is 1. The van der Waals surface area contributed by atoms with E-state index < -0.39 is 11.7 Å². The van der Waals surface area contributed by atoms with Crippen LogP contribution in [-0.4, -0.2) is 73.0 Å². The van der Waals surface area contributed by atoms with Gasteiger partial charge >= 0.3 is 6.09 Å². The molecule has 11 nitrogen and oxygen atoms in total. The molecule has 2 atom stereocenters. The number of alkyl carbamates (subject to hydrolysis) is 1. The minimum absolute atomic E-state index is 0.126. The number of hydrogen-bond acceptors (Lipinski definition) is 10. The second kappa shape index (κ2) is 12.8. The van der Waals surface area contributed by atoms with E-state index >= 15 is 0 Å². The fraction of sp³-hybridized carbons (Fsp3) is 0.469. The summed E-state index contributed by atoms with van der Waals surface area (Å²) in [5.41, 5.74) is 2.32. The highest BCUT2D eigenvalue weighted by molar-refractivity contribution is 7.99. The minimum atomic E-state index is -0.582. The van der Waals surface area contributed by atoms with Crippen molar-refractivity contribution in [3.8, 4) is 11.4 Å². The van der Waals surface area contributed by atoms with Crippen molar-refractivity contribution < 1.29 is 19.4 Å². The topological polar surface area (TPSA) is 127 Å². The van der Waals surface area contributed by atoms with E-state index in [1.54, 1.807) is 6.07 Å². The van der Waals surface area contributed by atoms with Gasteiger partial charge in [-0.1, -0.05) is 41.0 Å². The van der Waals surface area contributed by atoms with Crippen molar-refractivity contribution in [3.05, 3.63) is 58.2 Å². The summed E-state index contributed by atoms with van der Waals surface area (Å²) < 4.78 is 13.4. The third-order valence-corrected chi connectivity index (χ3v) is 10.3. The molecule has 2 aliphatic heterocycles. The molecule has 14 heteroatoms. The molecule has 2 aliphatic rings. The lowest BCUT2D eigenvalue weighted by Gasteiger charge is -2.43. The lowest BCUT2D eigenvalue weighted by molar-refractivity contribution is 0.0434. The lowest BCUT2D eigenvalue weighted by Crippen LogP contribution is -2.55. The summed E-state index contributed by atoms with van der Waals surface area (Å²) in [6, 6.07) is 7.13. The number of anilines is 1. The summed E-state index contributed by atoms with van der Waals surface area (Å²) in [6.07, 6.45) is 4.75. The molecule has 2 saturated heterocycles. The Hall–Kier alpha value is -3.16. The molecule has 1 amide bonds. The van der Waals surface area contributed by atoms with Gasteiger partial charge < -0.3 is 29.2 Å². The molecule has 1 spiro atoms. The van der Waals surface area contributed by atoms with Gasteiger partial charge in [-0.05, 0) is 65.7 Å². The molecule has 0 bridgehead atoms. The first-order valence-electron chi connectivity index (χ1n) is 15.2. The van der Waals surface area contributed by atoms with Crippen LogP contribution in [0.25, 0.3) is 17.0 Å². The van der Waals surface area contributed by atoms with E-state index in [1.807, 2.05) is 69.6 Å². The van der Waals surface area contributed by atoms with Crippen molar-refractivity contribution >= 4 is 52.5 Å². The number of ether oxygens (including phenoxy) is 2. The van der Waals surface area contributed by atoms with Crippen LogP contribution in [0, 0.1) is 12.3 Å². The van der Waals surface area contributed by atoms with Crippen molar-refractivity contribution in [2.45, 2.75) is 81.7 Å². The maximum atomic E-state index is 12.6. The van der Waals surface area contributed by atoms with Crippen LogP contribution in [0.15, 0.2) is 46.6 Å². The summed E-state index contributed by atoms with van der Waals surface area (Å²) in [6.45, 7) is 11.1. The molecular weight excluding hydrogens is 649 g/mol. The Morgan fingerprint density at radius 3 is 2.61 bits per heavy atom. The molecule has 4 aromatic heterocycles. The van der Waals surface area contributed by atoms with Crippen LogP contribution in [0.4, 0.5) is 10.6 Å². The molecule has 0 unspecified atom stereocenters. The van der Waals surface area contributed by atoms with E-state index in [4.69, 9.17) is 47.6 Å². The van der Waals surface area contributed by atoms with Gasteiger partial charge in [-0.2, -0.15) is 0 Å². The molecule has 2 N–H and O–H groups in total. The average Bonchev–Trinajstić information content (AvgIpc) is 3.57. The quantitative estimate of drug-likeness (QED) is 0.222. The zero-order valence-electron chi connectivity index (χ0n) is 26.4. The number of aromatic nitrogens is 5. The SMILES string of the molecule is Cc1nc(N2CCC3(CC2)CO[C@@H](C)[C@H]3NC(=O)OC(C)(C)C)c(CO)nc1Sc1ccn2cc(-c3cccc(Cl)n3)nc2c1Cl. The molecule has 244 valence electrons. The second-order valence-corrected chi connectivity index (χ2v) is 14.6. The van der Waals surface area contributed by atoms with Gasteiger partial charge in [0.15, 0.2) is 11.5 Å². The van der Waals surface area contributed by atoms with Gasteiger partial charge in [-0.3, -0.25) is 0 Å². The number of amides is 1. The molecule has 6 heterocycles. The number of aliphatic hydroxyl groups excluding tert-OH is 1. The molecule has 2 fully saturated rings. The molecule has 6 rings (SSSR count). The molecule has 0 radical (unpaired) electrons. The number of piperidine rings is 1. The van der Waals surface area contributed by atoms with Crippen LogP contribution < -0.4 is 10.2 Å². The Bertz CT molecular complexity index is 1770. The van der Waals surface area contributed by atoms with Gasteiger partial charge in [0.05, 0.1) is 41.8 Å². The first-order valence-corrected chi connectivity index (χ1v) is 16.8. The Balaban J connectivity index is 1.19. The monoisotopic (exact) mass is 685 g/mol. The zero-order chi connectivity index (χ0) is 32.8. The number of carbonyl (C=O) groups is 1. The summed E-state index contributed by atoms with van der Waals surface area (Å²) >= 11 is 14.3. The van der Waals surface area contributed by atoms with E-state index in [2.05, 4.69) is 15.2 Å². The Morgan fingerprint density at radius 1 is 1.15 bits per heavy atom. The number of hydrogen-bond donors (Lipinski definition) is 2. The van der Waals surface area contributed by atoms with E-state index in [0.29, 0.717) is 63.4 Å². The molecule has 0 aliphatic carbocycles. The van der Waals surface area contributed by atoms with Crippen molar-refractivity contribution in [1.82, 2.24) is 29.7 Å². The molecule has 46 heavy (non-hydrogen) atoms. The highest BCUT2D eigenvalue weighted by atomic mass is 35.5. The second-order valence-electron chi connectivity index (χ2n) is 12.8. The predicted molar refractivity (Wildman–Crippen MR) is 178 cm³/mol. The van der Waals surface area contributed by atoms with Gasteiger partial charge in [0, 0.05) is 35.8 Å². The number of halogens is 2. The third-order valence-electron chi connectivity index (χ3n) is 8.44. The Kier molecular flexibility index (Phi) is 9.12. The predicted octanol–water partition coefficient (Wildman–Crippen LogP) is 6.34.